The van der Waals surface area contributed by atoms with Crippen LogP contribution in [0.3, 0.4) is 0 Å². The second-order valence-electron chi connectivity index (χ2n) is 6.54. The standard InChI is InChI=1S/C15H21F6IO3/c1-3-12(2,22)11(23)25-10(9-7-5-4-6-8-9)13(24,14(16,17)18)15(19,20)21/h9-10,24H,3-8H2,1-2H3. The molecule has 0 saturated heterocycles. The molecule has 2 atom stereocenters. The molecule has 0 aromatic heterocycles. The second kappa shape index (κ2) is 7.77. The maximum absolute atomic E-state index is 13.3. The van der Waals surface area contributed by atoms with Crippen molar-refractivity contribution in [3.05, 3.63) is 0 Å². The van der Waals surface area contributed by atoms with E-state index >= 15 is 0 Å². The SMILES string of the molecule is CCC(C)(I)C(=O)OC(C1CCCCC1)C(O)(C(F)(F)F)C(F)(F)F. The Morgan fingerprint density at radius 3 is 1.92 bits per heavy atom. The second-order valence-corrected chi connectivity index (χ2v) is 8.92. The van der Waals surface area contributed by atoms with Gasteiger partial charge in [0, 0.05) is 0 Å². The van der Waals surface area contributed by atoms with Gasteiger partial charge in [-0.25, -0.2) is 0 Å². The summed E-state index contributed by atoms with van der Waals surface area (Å²) in [6, 6.07) is 0. The molecule has 0 aromatic carbocycles. The Morgan fingerprint density at radius 1 is 1.12 bits per heavy atom. The van der Waals surface area contributed by atoms with Crippen molar-refractivity contribution in [3.63, 3.8) is 0 Å². The fourth-order valence-corrected chi connectivity index (χ4v) is 2.95. The van der Waals surface area contributed by atoms with Crippen LogP contribution in [0.4, 0.5) is 26.3 Å². The Balaban J connectivity index is 3.35. The van der Waals surface area contributed by atoms with Gasteiger partial charge in [-0.1, -0.05) is 48.8 Å². The third-order valence-corrected chi connectivity index (χ3v) is 5.88. The molecule has 0 spiro atoms. The Kier molecular flexibility index (Phi) is 7.08. The van der Waals surface area contributed by atoms with Gasteiger partial charge in [0.1, 0.15) is 3.42 Å². The fourth-order valence-electron chi connectivity index (χ4n) is 2.83. The summed E-state index contributed by atoms with van der Waals surface area (Å²) in [5, 5.41) is 9.75. The predicted molar refractivity (Wildman–Crippen MR) is 86.2 cm³/mol. The van der Waals surface area contributed by atoms with Crippen molar-refractivity contribution in [2.75, 3.05) is 0 Å². The van der Waals surface area contributed by atoms with Crippen molar-refractivity contribution >= 4 is 28.6 Å². The van der Waals surface area contributed by atoms with Crippen LogP contribution < -0.4 is 0 Å². The summed E-state index contributed by atoms with van der Waals surface area (Å²) < 4.78 is 83.1. The molecule has 2 unspecified atom stereocenters. The number of rotatable bonds is 5. The van der Waals surface area contributed by atoms with E-state index in [-0.39, 0.29) is 19.3 Å². The van der Waals surface area contributed by atoms with Gasteiger partial charge in [-0.15, -0.1) is 0 Å². The van der Waals surface area contributed by atoms with Gasteiger partial charge in [0.05, 0.1) is 0 Å². The predicted octanol–water partition coefficient (Wildman–Crippen LogP) is 4.94. The Labute approximate surface area is 155 Å². The summed E-state index contributed by atoms with van der Waals surface area (Å²) in [6.45, 7) is 2.91. The summed E-state index contributed by atoms with van der Waals surface area (Å²) in [7, 11) is 0. The van der Waals surface area contributed by atoms with Crippen LogP contribution in [0.1, 0.15) is 52.4 Å². The molecule has 1 aliphatic carbocycles. The van der Waals surface area contributed by atoms with Gasteiger partial charge in [-0.05, 0) is 32.1 Å². The molecule has 0 aromatic rings. The van der Waals surface area contributed by atoms with Crippen molar-refractivity contribution in [1.82, 2.24) is 0 Å². The highest BCUT2D eigenvalue weighted by Gasteiger charge is 2.76. The van der Waals surface area contributed by atoms with E-state index < -0.39 is 39.4 Å². The Hall–Kier alpha value is -0.260. The summed E-state index contributed by atoms with van der Waals surface area (Å²) in [4.78, 5) is 12.2. The average Bonchev–Trinajstić information content (AvgIpc) is 2.50. The lowest BCUT2D eigenvalue weighted by Gasteiger charge is -2.43. The van der Waals surface area contributed by atoms with Crippen LogP contribution >= 0.6 is 22.6 Å². The van der Waals surface area contributed by atoms with E-state index in [9.17, 15) is 36.2 Å². The molecular weight excluding hydrogens is 469 g/mol. The lowest BCUT2D eigenvalue weighted by molar-refractivity contribution is -0.396. The van der Waals surface area contributed by atoms with Gasteiger partial charge in [-0.2, -0.15) is 26.3 Å². The number of hydrogen-bond acceptors (Lipinski definition) is 3. The van der Waals surface area contributed by atoms with Crippen LogP contribution in [-0.4, -0.2) is 38.6 Å². The zero-order valence-electron chi connectivity index (χ0n) is 13.8. The van der Waals surface area contributed by atoms with Crippen LogP contribution in [0.5, 0.6) is 0 Å². The number of hydrogen-bond donors (Lipinski definition) is 1. The monoisotopic (exact) mass is 490 g/mol. The van der Waals surface area contributed by atoms with E-state index in [0.29, 0.717) is 19.3 Å². The molecule has 3 nitrogen and oxygen atoms in total. The van der Waals surface area contributed by atoms with Crippen LogP contribution in [0.2, 0.25) is 0 Å². The topological polar surface area (TPSA) is 46.5 Å². The van der Waals surface area contributed by atoms with E-state index in [1.807, 2.05) is 0 Å². The van der Waals surface area contributed by atoms with Crippen molar-refractivity contribution < 1.29 is 41.0 Å². The Morgan fingerprint density at radius 2 is 1.56 bits per heavy atom. The van der Waals surface area contributed by atoms with Gasteiger partial charge < -0.3 is 9.84 Å². The number of aliphatic hydroxyl groups is 1. The van der Waals surface area contributed by atoms with E-state index in [1.165, 1.54) is 6.92 Å². The largest absolute Gasteiger partial charge is 0.457 e. The van der Waals surface area contributed by atoms with E-state index in [4.69, 9.17) is 4.74 Å². The maximum Gasteiger partial charge on any atom is 0.430 e. The van der Waals surface area contributed by atoms with Crippen LogP contribution in [0.15, 0.2) is 0 Å². The molecule has 1 N–H and O–H groups in total. The number of alkyl halides is 7. The number of carbonyl (C=O) groups excluding carboxylic acids is 1. The van der Waals surface area contributed by atoms with Crippen molar-refractivity contribution in [3.8, 4) is 0 Å². The minimum absolute atomic E-state index is 0.0243. The number of halogens is 7. The summed E-state index contributed by atoms with van der Waals surface area (Å²) >= 11 is 1.62. The van der Waals surface area contributed by atoms with Gasteiger partial charge in [-0.3, -0.25) is 4.79 Å². The molecule has 1 aliphatic rings. The van der Waals surface area contributed by atoms with Crippen molar-refractivity contribution in [1.29, 1.82) is 0 Å². The molecule has 0 bridgehead atoms. The highest BCUT2D eigenvalue weighted by molar-refractivity contribution is 14.1. The molecule has 25 heavy (non-hydrogen) atoms. The van der Waals surface area contributed by atoms with Gasteiger partial charge in [0.25, 0.3) is 5.60 Å². The fraction of sp³-hybridized carbons (Fsp3) is 0.933. The number of ether oxygens (including phenoxy) is 1. The highest BCUT2D eigenvalue weighted by atomic mass is 127. The molecular formula is C15H21F6IO3. The molecule has 1 fully saturated rings. The van der Waals surface area contributed by atoms with E-state index in [1.54, 1.807) is 29.5 Å². The van der Waals surface area contributed by atoms with Crippen LogP contribution in [-0.2, 0) is 9.53 Å². The molecule has 1 saturated carbocycles. The first-order valence-electron chi connectivity index (χ1n) is 7.94. The van der Waals surface area contributed by atoms with Gasteiger partial charge >= 0.3 is 18.3 Å². The van der Waals surface area contributed by atoms with Crippen molar-refractivity contribution in [2.45, 2.75) is 79.9 Å². The molecule has 0 aliphatic heterocycles. The first kappa shape index (κ1) is 22.8. The maximum atomic E-state index is 13.3. The zero-order valence-corrected chi connectivity index (χ0v) is 16.0. The van der Waals surface area contributed by atoms with Gasteiger partial charge in [0.2, 0.25) is 0 Å². The minimum Gasteiger partial charge on any atom is -0.457 e. The lowest BCUT2D eigenvalue weighted by atomic mass is 9.77. The van der Waals surface area contributed by atoms with E-state index in [0.717, 1.165) is 0 Å². The number of esters is 1. The quantitative estimate of drug-likeness (QED) is 0.257. The first-order chi connectivity index (χ1) is 11.2. The normalized spacial score (nSPS) is 21.5. The highest BCUT2D eigenvalue weighted by Crippen LogP contribution is 2.50. The molecule has 10 heteroatoms. The summed E-state index contributed by atoms with van der Waals surface area (Å²) in [5.74, 6) is -2.41. The lowest BCUT2D eigenvalue weighted by Crippen LogP contribution is -2.67. The molecule has 148 valence electrons. The van der Waals surface area contributed by atoms with Crippen LogP contribution in [0, 0.1) is 5.92 Å². The minimum atomic E-state index is -6.03. The first-order valence-corrected chi connectivity index (χ1v) is 9.02. The van der Waals surface area contributed by atoms with Crippen LogP contribution in [0.25, 0.3) is 0 Å². The molecule has 1 rings (SSSR count). The smallest absolute Gasteiger partial charge is 0.430 e. The zero-order chi connectivity index (χ0) is 19.7. The Bertz CT molecular complexity index is 455. The van der Waals surface area contributed by atoms with E-state index in [2.05, 4.69) is 0 Å². The average molecular weight is 490 g/mol. The molecule has 0 amide bonds. The van der Waals surface area contributed by atoms with Gasteiger partial charge in [0.15, 0.2) is 6.10 Å². The number of carbonyl (C=O) groups is 1. The summed E-state index contributed by atoms with van der Waals surface area (Å²) in [5.41, 5.74) is -5.10. The molecule has 0 radical (unpaired) electrons. The molecule has 0 heterocycles. The third-order valence-electron chi connectivity index (χ3n) is 4.68. The third kappa shape index (κ3) is 4.72. The van der Waals surface area contributed by atoms with Crippen molar-refractivity contribution in [2.24, 2.45) is 5.92 Å². The summed E-state index contributed by atoms with van der Waals surface area (Å²) in [6.07, 6.45) is -13.1.